The van der Waals surface area contributed by atoms with Crippen molar-refractivity contribution in [2.75, 3.05) is 13.2 Å². The highest BCUT2D eigenvalue weighted by Crippen LogP contribution is 2.19. The highest BCUT2D eigenvalue weighted by Gasteiger charge is 1.99. The Morgan fingerprint density at radius 2 is 2.12 bits per heavy atom. The Bertz CT molecular complexity index is 374. The van der Waals surface area contributed by atoms with Crippen LogP contribution in [0.15, 0.2) is 28.3 Å². The first-order valence-corrected chi connectivity index (χ1v) is 6.10. The Hall–Kier alpha value is -1.04. The average molecular weight is 332 g/mol. The van der Waals surface area contributed by atoms with Crippen molar-refractivity contribution in [3.8, 4) is 5.75 Å². The van der Waals surface area contributed by atoms with Gasteiger partial charge in [0.1, 0.15) is 19.0 Å². The minimum Gasteiger partial charge on any atom is -0.489 e. The lowest BCUT2D eigenvalue weighted by Crippen LogP contribution is -2.09. The van der Waals surface area contributed by atoms with Crippen LogP contribution in [0.3, 0.4) is 0 Å². The molecule has 4 heteroatoms. The van der Waals surface area contributed by atoms with Crippen molar-refractivity contribution in [2.45, 2.75) is 6.92 Å². The van der Waals surface area contributed by atoms with Gasteiger partial charge in [0.2, 0.25) is 0 Å². The van der Waals surface area contributed by atoms with Gasteiger partial charge in [0.05, 0.1) is 0 Å². The zero-order chi connectivity index (χ0) is 11.8. The van der Waals surface area contributed by atoms with Crippen LogP contribution < -0.4 is 4.74 Å². The fraction of sp³-hybridized carbons (Fsp3) is 0.250. The van der Waals surface area contributed by atoms with Crippen LogP contribution in [0.25, 0.3) is 6.08 Å². The zero-order valence-electron chi connectivity index (χ0n) is 8.98. The second-order valence-electron chi connectivity index (χ2n) is 3.02. The van der Waals surface area contributed by atoms with E-state index in [0.29, 0.717) is 6.61 Å². The molecule has 1 aromatic carbocycles. The molecular formula is C12H13IO3. The summed E-state index contributed by atoms with van der Waals surface area (Å²) in [5.74, 6) is 0.506. The summed E-state index contributed by atoms with van der Waals surface area (Å²) in [4.78, 5) is 10.5. The van der Waals surface area contributed by atoms with Crippen molar-refractivity contribution in [3.63, 3.8) is 0 Å². The van der Waals surface area contributed by atoms with Gasteiger partial charge in [-0.3, -0.25) is 4.79 Å². The molecule has 0 aliphatic carbocycles. The Labute approximate surface area is 109 Å². The number of carbonyl (C=O) groups excluding carboxylic acids is 1. The zero-order valence-corrected chi connectivity index (χ0v) is 11.1. The number of hydrogen-bond acceptors (Lipinski definition) is 3. The fourth-order valence-corrected chi connectivity index (χ4v) is 1.54. The van der Waals surface area contributed by atoms with Crippen molar-refractivity contribution >= 4 is 34.6 Å². The molecule has 0 heterocycles. The summed E-state index contributed by atoms with van der Waals surface area (Å²) in [6, 6.07) is 7.71. The lowest BCUT2D eigenvalue weighted by Gasteiger charge is -2.08. The van der Waals surface area contributed by atoms with Crippen LogP contribution in [0.2, 0.25) is 0 Å². The molecule has 0 unspecified atom stereocenters. The highest BCUT2D eigenvalue weighted by atomic mass is 127. The molecule has 1 rings (SSSR count). The van der Waals surface area contributed by atoms with Crippen molar-refractivity contribution in [1.82, 2.24) is 0 Å². The van der Waals surface area contributed by atoms with Gasteiger partial charge in [-0.25, -0.2) is 0 Å². The van der Waals surface area contributed by atoms with Gasteiger partial charge in [-0.2, -0.15) is 0 Å². The Morgan fingerprint density at radius 1 is 1.38 bits per heavy atom. The van der Waals surface area contributed by atoms with Gasteiger partial charge in [0.15, 0.2) is 0 Å². The summed E-state index contributed by atoms with van der Waals surface area (Å²) < 4.78 is 12.2. The van der Waals surface area contributed by atoms with Crippen LogP contribution in [0.4, 0.5) is 0 Å². The molecule has 16 heavy (non-hydrogen) atoms. The molecule has 0 N–H and O–H groups in total. The van der Waals surface area contributed by atoms with Gasteiger partial charge in [0, 0.05) is 12.5 Å². The molecule has 3 nitrogen and oxygen atoms in total. The van der Waals surface area contributed by atoms with Crippen LogP contribution in [0.1, 0.15) is 12.5 Å². The summed E-state index contributed by atoms with van der Waals surface area (Å²) in [6.07, 6.45) is 1.96. The first-order chi connectivity index (χ1) is 7.74. The van der Waals surface area contributed by atoms with Crippen LogP contribution >= 0.6 is 22.6 Å². The van der Waals surface area contributed by atoms with Gasteiger partial charge in [-0.1, -0.05) is 40.8 Å². The average Bonchev–Trinajstić information content (AvgIpc) is 2.26. The molecule has 0 amide bonds. The molecule has 0 saturated carbocycles. The molecule has 0 aromatic heterocycles. The SMILES string of the molecule is CC(=O)OCCOc1ccccc1C=CI. The molecule has 0 aliphatic heterocycles. The quantitative estimate of drug-likeness (QED) is 0.472. The summed E-state index contributed by atoms with van der Waals surface area (Å²) >= 11 is 2.16. The van der Waals surface area contributed by atoms with E-state index in [2.05, 4.69) is 22.6 Å². The van der Waals surface area contributed by atoms with E-state index >= 15 is 0 Å². The summed E-state index contributed by atoms with van der Waals surface area (Å²) in [7, 11) is 0. The molecule has 0 radical (unpaired) electrons. The van der Waals surface area contributed by atoms with Gasteiger partial charge in [-0.15, -0.1) is 0 Å². The summed E-state index contributed by atoms with van der Waals surface area (Å²) in [5.41, 5.74) is 1.01. The highest BCUT2D eigenvalue weighted by molar-refractivity contribution is 14.1. The molecule has 0 saturated heterocycles. The number of halogens is 1. The van der Waals surface area contributed by atoms with Crippen molar-refractivity contribution in [2.24, 2.45) is 0 Å². The van der Waals surface area contributed by atoms with E-state index in [4.69, 9.17) is 9.47 Å². The molecular weight excluding hydrogens is 319 g/mol. The molecule has 1 aromatic rings. The second kappa shape index (κ2) is 7.27. The number of rotatable bonds is 5. The summed E-state index contributed by atoms with van der Waals surface area (Å²) in [5, 5.41) is 0. The van der Waals surface area contributed by atoms with Crippen LogP contribution in [-0.4, -0.2) is 19.2 Å². The largest absolute Gasteiger partial charge is 0.489 e. The normalized spacial score (nSPS) is 10.4. The molecule has 0 atom stereocenters. The third kappa shape index (κ3) is 4.65. The standard InChI is InChI=1S/C12H13IO3/c1-10(14)15-8-9-16-12-5-3-2-4-11(12)6-7-13/h2-7H,8-9H2,1H3. The first-order valence-electron chi connectivity index (χ1n) is 4.86. The monoisotopic (exact) mass is 332 g/mol. The minimum atomic E-state index is -0.288. The number of hydrogen-bond donors (Lipinski definition) is 0. The summed E-state index contributed by atoms with van der Waals surface area (Å²) in [6.45, 7) is 2.02. The number of benzene rings is 1. The predicted octanol–water partition coefficient (Wildman–Crippen LogP) is 3.03. The third-order valence-corrected chi connectivity index (χ3v) is 2.17. The van der Waals surface area contributed by atoms with Crippen LogP contribution in [0, 0.1) is 0 Å². The topological polar surface area (TPSA) is 35.5 Å². The van der Waals surface area contributed by atoms with E-state index < -0.39 is 0 Å². The van der Waals surface area contributed by atoms with Crippen LogP contribution in [-0.2, 0) is 9.53 Å². The van der Waals surface area contributed by atoms with E-state index in [0.717, 1.165) is 11.3 Å². The number of para-hydroxylation sites is 1. The Kier molecular flexibility index (Phi) is 5.92. The fourth-order valence-electron chi connectivity index (χ4n) is 1.15. The number of carbonyl (C=O) groups is 1. The maximum absolute atomic E-state index is 10.5. The predicted molar refractivity (Wildman–Crippen MR) is 71.6 cm³/mol. The van der Waals surface area contributed by atoms with Crippen molar-refractivity contribution < 1.29 is 14.3 Å². The van der Waals surface area contributed by atoms with Gasteiger partial charge >= 0.3 is 5.97 Å². The second-order valence-corrected chi connectivity index (χ2v) is 3.74. The Balaban J connectivity index is 2.49. The van der Waals surface area contributed by atoms with Crippen molar-refractivity contribution in [1.29, 1.82) is 0 Å². The van der Waals surface area contributed by atoms with Crippen molar-refractivity contribution in [3.05, 3.63) is 33.9 Å². The smallest absolute Gasteiger partial charge is 0.302 e. The van der Waals surface area contributed by atoms with E-state index in [1.54, 1.807) is 0 Å². The maximum Gasteiger partial charge on any atom is 0.302 e. The molecule has 0 spiro atoms. The molecule has 86 valence electrons. The van der Waals surface area contributed by atoms with Gasteiger partial charge in [-0.05, 0) is 16.2 Å². The van der Waals surface area contributed by atoms with E-state index in [1.807, 2.05) is 34.4 Å². The van der Waals surface area contributed by atoms with E-state index in [9.17, 15) is 4.79 Å². The Morgan fingerprint density at radius 3 is 2.81 bits per heavy atom. The number of ether oxygens (including phenoxy) is 2. The molecule has 0 fully saturated rings. The van der Waals surface area contributed by atoms with E-state index in [1.165, 1.54) is 6.92 Å². The van der Waals surface area contributed by atoms with Gasteiger partial charge in [0.25, 0.3) is 0 Å². The lowest BCUT2D eigenvalue weighted by atomic mass is 10.2. The third-order valence-electron chi connectivity index (χ3n) is 1.81. The maximum atomic E-state index is 10.5. The first kappa shape index (κ1) is 13.0. The molecule has 0 bridgehead atoms. The van der Waals surface area contributed by atoms with E-state index in [-0.39, 0.29) is 12.6 Å². The lowest BCUT2D eigenvalue weighted by molar-refractivity contribution is -0.141. The molecule has 0 aliphatic rings. The van der Waals surface area contributed by atoms with Crippen LogP contribution in [0.5, 0.6) is 5.75 Å². The minimum absolute atomic E-state index is 0.275. The van der Waals surface area contributed by atoms with Gasteiger partial charge < -0.3 is 9.47 Å². The number of esters is 1.